The normalized spacial score (nSPS) is 15.8. The Kier molecular flexibility index (Phi) is 6.11. The largest absolute Gasteiger partial charge is 0.463 e. The Hall–Kier alpha value is -4.15. The molecule has 0 aliphatic carbocycles. The zero-order valence-electron chi connectivity index (χ0n) is 15.7. The van der Waals surface area contributed by atoms with Gasteiger partial charge in [-0.1, -0.05) is 30.3 Å². The SMILES string of the molecule is CCOC(=O)C1=C(COC(=O)c2ccc([N+](=O)[O-])o2)NC(=O)NC1c1ccccc1. The van der Waals surface area contributed by atoms with Gasteiger partial charge in [0, 0.05) is 0 Å². The van der Waals surface area contributed by atoms with Crippen LogP contribution in [0.15, 0.2) is 58.2 Å². The van der Waals surface area contributed by atoms with E-state index in [9.17, 15) is 24.5 Å². The fourth-order valence-corrected chi connectivity index (χ4v) is 2.82. The van der Waals surface area contributed by atoms with E-state index < -0.39 is 41.4 Å². The molecular formula is C19H17N3O8. The zero-order chi connectivity index (χ0) is 21.7. The van der Waals surface area contributed by atoms with Gasteiger partial charge in [0.25, 0.3) is 0 Å². The monoisotopic (exact) mass is 415 g/mol. The Bertz CT molecular complexity index is 1010. The zero-order valence-corrected chi connectivity index (χ0v) is 15.7. The maximum absolute atomic E-state index is 12.6. The lowest BCUT2D eigenvalue weighted by atomic mass is 9.95. The Morgan fingerprint density at radius 1 is 1.13 bits per heavy atom. The molecule has 2 heterocycles. The smallest absolute Gasteiger partial charge is 0.433 e. The van der Waals surface area contributed by atoms with Crippen LogP contribution in [0.3, 0.4) is 0 Å². The predicted octanol–water partition coefficient (Wildman–Crippen LogP) is 2.22. The molecule has 11 heteroatoms. The first-order valence-electron chi connectivity index (χ1n) is 8.84. The lowest BCUT2D eigenvalue weighted by Crippen LogP contribution is -2.47. The van der Waals surface area contributed by atoms with Crippen molar-refractivity contribution < 1.29 is 33.2 Å². The van der Waals surface area contributed by atoms with Crippen LogP contribution in [-0.4, -0.2) is 36.1 Å². The number of hydrogen-bond donors (Lipinski definition) is 2. The summed E-state index contributed by atoms with van der Waals surface area (Å²) in [5.74, 6) is -2.70. The molecule has 1 aromatic heterocycles. The second kappa shape index (κ2) is 8.90. The van der Waals surface area contributed by atoms with Gasteiger partial charge in [-0.15, -0.1) is 0 Å². The minimum absolute atomic E-state index is 0.0282. The Morgan fingerprint density at radius 2 is 1.87 bits per heavy atom. The highest BCUT2D eigenvalue weighted by atomic mass is 16.7. The molecule has 0 fully saturated rings. The van der Waals surface area contributed by atoms with Gasteiger partial charge < -0.3 is 24.5 Å². The average molecular weight is 415 g/mol. The van der Waals surface area contributed by atoms with E-state index in [1.165, 1.54) is 0 Å². The molecule has 1 aromatic carbocycles. The lowest BCUT2D eigenvalue weighted by Gasteiger charge is -2.29. The van der Waals surface area contributed by atoms with Gasteiger partial charge in [0.05, 0.1) is 30.0 Å². The van der Waals surface area contributed by atoms with E-state index in [2.05, 4.69) is 10.6 Å². The van der Waals surface area contributed by atoms with Crippen LogP contribution in [0.2, 0.25) is 0 Å². The molecule has 11 nitrogen and oxygen atoms in total. The van der Waals surface area contributed by atoms with Crippen molar-refractivity contribution in [1.29, 1.82) is 0 Å². The van der Waals surface area contributed by atoms with E-state index in [1.807, 2.05) is 0 Å². The third-order valence-electron chi connectivity index (χ3n) is 4.10. The molecule has 0 saturated carbocycles. The Morgan fingerprint density at radius 3 is 2.50 bits per heavy atom. The van der Waals surface area contributed by atoms with Crippen molar-refractivity contribution in [2.24, 2.45) is 0 Å². The van der Waals surface area contributed by atoms with Crippen molar-refractivity contribution in [3.63, 3.8) is 0 Å². The third kappa shape index (κ3) is 4.46. The van der Waals surface area contributed by atoms with E-state index in [0.717, 1.165) is 12.1 Å². The van der Waals surface area contributed by atoms with Crippen molar-refractivity contribution in [3.05, 3.63) is 75.2 Å². The molecule has 156 valence electrons. The van der Waals surface area contributed by atoms with Crippen LogP contribution < -0.4 is 10.6 Å². The highest BCUT2D eigenvalue weighted by Crippen LogP contribution is 2.28. The topological polar surface area (TPSA) is 150 Å². The summed E-state index contributed by atoms with van der Waals surface area (Å²) in [6, 6.07) is 9.40. The number of esters is 2. The summed E-state index contributed by atoms with van der Waals surface area (Å²) in [6.07, 6.45) is 0. The second-order valence-corrected chi connectivity index (χ2v) is 6.03. The molecule has 0 saturated heterocycles. The number of nitrogens with zero attached hydrogens (tertiary/aromatic N) is 1. The molecule has 2 aromatic rings. The number of amides is 2. The van der Waals surface area contributed by atoms with E-state index in [1.54, 1.807) is 37.3 Å². The van der Waals surface area contributed by atoms with Crippen molar-refractivity contribution in [2.45, 2.75) is 13.0 Å². The van der Waals surface area contributed by atoms with Gasteiger partial charge in [-0.25, -0.2) is 14.4 Å². The molecule has 2 N–H and O–H groups in total. The highest BCUT2D eigenvalue weighted by molar-refractivity contribution is 5.95. The number of urea groups is 1. The number of ether oxygens (including phenoxy) is 2. The van der Waals surface area contributed by atoms with Crippen molar-refractivity contribution >= 4 is 23.9 Å². The van der Waals surface area contributed by atoms with Gasteiger partial charge in [-0.05, 0) is 18.6 Å². The van der Waals surface area contributed by atoms with Crippen molar-refractivity contribution in [1.82, 2.24) is 10.6 Å². The standard InChI is InChI=1S/C19H17N3O8/c1-2-28-18(24)15-12(10-29-17(23)13-8-9-14(30-13)22(26)27)20-19(25)21-16(15)11-6-4-3-5-7-11/h3-9,16H,2,10H2,1H3,(H2,20,21,25). The summed E-state index contributed by atoms with van der Waals surface area (Å²) < 4.78 is 15.0. The number of carbonyl (C=O) groups is 3. The third-order valence-corrected chi connectivity index (χ3v) is 4.10. The summed E-state index contributed by atoms with van der Waals surface area (Å²) in [4.78, 5) is 46.8. The summed E-state index contributed by atoms with van der Waals surface area (Å²) in [7, 11) is 0. The molecule has 1 unspecified atom stereocenters. The maximum atomic E-state index is 12.6. The minimum atomic E-state index is -0.997. The Labute approximate surface area is 169 Å². The number of furan rings is 1. The van der Waals surface area contributed by atoms with Crippen molar-refractivity contribution in [2.75, 3.05) is 13.2 Å². The molecule has 1 atom stereocenters. The molecule has 1 aliphatic heterocycles. The summed E-state index contributed by atoms with van der Waals surface area (Å²) in [6.45, 7) is 1.24. The molecule has 2 amide bonds. The van der Waals surface area contributed by atoms with Gasteiger partial charge in [-0.3, -0.25) is 10.1 Å². The van der Waals surface area contributed by atoms with Gasteiger partial charge >= 0.3 is 23.9 Å². The molecule has 1 aliphatic rings. The number of carbonyl (C=O) groups excluding carboxylic acids is 3. The quantitative estimate of drug-likeness (QED) is 0.397. The van der Waals surface area contributed by atoms with Crippen LogP contribution in [0.4, 0.5) is 10.7 Å². The average Bonchev–Trinajstić information content (AvgIpc) is 3.23. The van der Waals surface area contributed by atoms with Crippen molar-refractivity contribution in [3.8, 4) is 0 Å². The fourth-order valence-electron chi connectivity index (χ4n) is 2.82. The molecule has 3 rings (SSSR count). The van der Waals surface area contributed by atoms with Crippen LogP contribution >= 0.6 is 0 Å². The predicted molar refractivity (Wildman–Crippen MR) is 100 cm³/mol. The fraction of sp³-hybridized carbons (Fsp3) is 0.211. The maximum Gasteiger partial charge on any atom is 0.433 e. The first-order chi connectivity index (χ1) is 14.4. The number of hydrogen-bond acceptors (Lipinski definition) is 8. The van der Waals surface area contributed by atoms with E-state index in [-0.39, 0.29) is 23.6 Å². The van der Waals surface area contributed by atoms with Gasteiger partial charge in [0.1, 0.15) is 11.5 Å². The highest BCUT2D eigenvalue weighted by Gasteiger charge is 2.34. The van der Waals surface area contributed by atoms with Crippen LogP contribution in [0.1, 0.15) is 29.1 Å². The Balaban J connectivity index is 1.88. The minimum Gasteiger partial charge on any atom is -0.463 e. The second-order valence-electron chi connectivity index (χ2n) is 6.03. The van der Waals surface area contributed by atoms with E-state index in [0.29, 0.717) is 5.56 Å². The summed E-state index contributed by atoms with van der Waals surface area (Å²) >= 11 is 0. The first kappa shape index (κ1) is 20.6. The molecule has 0 radical (unpaired) electrons. The molecule has 0 bridgehead atoms. The summed E-state index contributed by atoms with van der Waals surface area (Å²) in [5.41, 5.74) is 0.724. The summed E-state index contributed by atoms with van der Waals surface area (Å²) in [5, 5.41) is 15.8. The molecule has 0 spiro atoms. The van der Waals surface area contributed by atoms with Gasteiger partial charge in [0.2, 0.25) is 5.76 Å². The van der Waals surface area contributed by atoms with Crippen LogP contribution in [0.5, 0.6) is 0 Å². The van der Waals surface area contributed by atoms with Gasteiger partial charge in [-0.2, -0.15) is 0 Å². The number of nitro groups is 1. The molecular weight excluding hydrogens is 398 g/mol. The van der Waals surface area contributed by atoms with Crippen LogP contribution in [0, 0.1) is 10.1 Å². The number of nitrogens with one attached hydrogen (secondary N) is 2. The van der Waals surface area contributed by atoms with Crippen LogP contribution in [-0.2, 0) is 14.3 Å². The number of benzene rings is 1. The van der Waals surface area contributed by atoms with Crippen LogP contribution in [0.25, 0.3) is 0 Å². The van der Waals surface area contributed by atoms with E-state index >= 15 is 0 Å². The van der Waals surface area contributed by atoms with Gasteiger partial charge in [0.15, 0.2) is 0 Å². The van der Waals surface area contributed by atoms with E-state index in [4.69, 9.17) is 13.9 Å². The first-order valence-corrected chi connectivity index (χ1v) is 8.84. The lowest BCUT2D eigenvalue weighted by molar-refractivity contribution is -0.402. The molecule has 30 heavy (non-hydrogen) atoms. The number of rotatable bonds is 7.